The first-order chi connectivity index (χ1) is 13.0. The zero-order chi connectivity index (χ0) is 19.2. The molecule has 0 bridgehead atoms. The number of nitrogens with zero attached hydrogens (tertiary/aromatic N) is 2. The number of amides is 1. The number of ether oxygens (including phenoxy) is 1. The van der Waals surface area contributed by atoms with E-state index in [0.29, 0.717) is 16.5 Å². The first kappa shape index (κ1) is 19.2. The minimum atomic E-state index is -0.452. The van der Waals surface area contributed by atoms with E-state index >= 15 is 0 Å². The summed E-state index contributed by atoms with van der Waals surface area (Å²) in [4.78, 5) is 12.2. The first-order valence-electron chi connectivity index (χ1n) is 7.93. The average Bonchev–Trinajstić information content (AvgIpc) is 3.10. The van der Waals surface area contributed by atoms with Gasteiger partial charge < -0.3 is 14.5 Å². The van der Waals surface area contributed by atoms with Crippen molar-refractivity contribution in [2.24, 2.45) is 0 Å². The Kier molecular flexibility index (Phi) is 6.31. The van der Waals surface area contributed by atoms with Crippen LogP contribution in [-0.4, -0.2) is 21.4 Å². The standard InChI is InChI=1S/C18H15ClFN3O3S/c1-11(17(24)21-14-6-2-12(19)3-7-14)27-18-23-22-16(26-18)10-25-15-8-4-13(20)5-9-15/h2-9,11H,10H2,1H3,(H,21,24)/t11-/m0/s1. The second kappa shape index (κ2) is 8.88. The smallest absolute Gasteiger partial charge is 0.277 e. The van der Waals surface area contributed by atoms with Crippen molar-refractivity contribution in [1.29, 1.82) is 0 Å². The Labute approximate surface area is 164 Å². The summed E-state index contributed by atoms with van der Waals surface area (Å²) in [5, 5.41) is 10.9. The lowest BCUT2D eigenvalue weighted by Crippen LogP contribution is -2.22. The SMILES string of the molecule is C[C@H](Sc1nnc(COc2ccc(F)cc2)o1)C(=O)Nc1ccc(Cl)cc1. The van der Waals surface area contributed by atoms with Gasteiger partial charge >= 0.3 is 0 Å². The van der Waals surface area contributed by atoms with Gasteiger partial charge in [0.05, 0.1) is 5.25 Å². The van der Waals surface area contributed by atoms with Gasteiger partial charge in [-0.2, -0.15) is 0 Å². The molecule has 6 nitrogen and oxygen atoms in total. The van der Waals surface area contributed by atoms with Crippen molar-refractivity contribution >= 4 is 35.0 Å². The second-order valence-corrected chi connectivity index (χ2v) is 7.19. The molecule has 9 heteroatoms. The summed E-state index contributed by atoms with van der Waals surface area (Å²) < 4.78 is 23.8. The van der Waals surface area contributed by atoms with Crippen LogP contribution in [0.15, 0.2) is 58.2 Å². The molecule has 3 aromatic rings. The molecule has 0 aliphatic rings. The van der Waals surface area contributed by atoms with Crippen molar-refractivity contribution in [3.8, 4) is 5.75 Å². The molecule has 27 heavy (non-hydrogen) atoms. The van der Waals surface area contributed by atoms with Gasteiger partial charge in [0.1, 0.15) is 11.6 Å². The highest BCUT2D eigenvalue weighted by Gasteiger charge is 2.18. The van der Waals surface area contributed by atoms with E-state index in [0.717, 1.165) is 11.8 Å². The Morgan fingerprint density at radius 2 is 1.93 bits per heavy atom. The summed E-state index contributed by atoms with van der Waals surface area (Å²) in [6.07, 6.45) is 0. The van der Waals surface area contributed by atoms with Crippen molar-refractivity contribution < 1.29 is 18.3 Å². The van der Waals surface area contributed by atoms with E-state index in [-0.39, 0.29) is 29.4 Å². The predicted molar refractivity (Wildman–Crippen MR) is 100 cm³/mol. The molecule has 1 N–H and O–H groups in total. The largest absolute Gasteiger partial charge is 0.484 e. The number of aromatic nitrogens is 2. The third kappa shape index (κ3) is 5.70. The lowest BCUT2D eigenvalue weighted by Gasteiger charge is -2.09. The lowest BCUT2D eigenvalue weighted by molar-refractivity contribution is -0.115. The maximum Gasteiger partial charge on any atom is 0.277 e. The van der Waals surface area contributed by atoms with Crippen LogP contribution in [0.25, 0.3) is 0 Å². The molecular weight excluding hydrogens is 393 g/mol. The maximum absolute atomic E-state index is 12.9. The van der Waals surface area contributed by atoms with Gasteiger partial charge in [0.25, 0.3) is 11.1 Å². The van der Waals surface area contributed by atoms with Gasteiger partial charge in [-0.25, -0.2) is 4.39 Å². The first-order valence-corrected chi connectivity index (χ1v) is 9.19. The van der Waals surface area contributed by atoms with Crippen LogP contribution < -0.4 is 10.1 Å². The van der Waals surface area contributed by atoms with Crippen LogP contribution in [0, 0.1) is 5.82 Å². The van der Waals surface area contributed by atoms with Gasteiger partial charge in [-0.3, -0.25) is 4.79 Å². The molecule has 1 aromatic heterocycles. The number of benzene rings is 2. The van der Waals surface area contributed by atoms with E-state index in [2.05, 4.69) is 15.5 Å². The molecule has 0 saturated heterocycles. The highest BCUT2D eigenvalue weighted by atomic mass is 35.5. The second-order valence-electron chi connectivity index (χ2n) is 5.46. The van der Waals surface area contributed by atoms with E-state index in [4.69, 9.17) is 20.8 Å². The fourth-order valence-corrected chi connectivity index (χ4v) is 2.83. The molecule has 1 amide bonds. The normalized spacial score (nSPS) is 11.8. The third-order valence-electron chi connectivity index (χ3n) is 3.38. The molecule has 140 valence electrons. The highest BCUT2D eigenvalue weighted by Crippen LogP contribution is 2.24. The van der Waals surface area contributed by atoms with Gasteiger partial charge in [0, 0.05) is 10.7 Å². The fourth-order valence-electron chi connectivity index (χ4n) is 2.00. The molecule has 2 aromatic carbocycles. The monoisotopic (exact) mass is 407 g/mol. The molecular formula is C18H15ClFN3O3S. The van der Waals surface area contributed by atoms with Crippen molar-refractivity contribution in [1.82, 2.24) is 10.2 Å². The average molecular weight is 408 g/mol. The van der Waals surface area contributed by atoms with Gasteiger partial charge in [0.15, 0.2) is 6.61 Å². The van der Waals surface area contributed by atoms with E-state index in [1.807, 2.05) is 0 Å². The van der Waals surface area contributed by atoms with E-state index in [1.165, 1.54) is 24.3 Å². The van der Waals surface area contributed by atoms with Crippen LogP contribution in [0.1, 0.15) is 12.8 Å². The molecule has 0 spiro atoms. The Balaban J connectivity index is 1.50. The summed E-state index contributed by atoms with van der Waals surface area (Å²) in [5.41, 5.74) is 0.649. The maximum atomic E-state index is 12.9. The van der Waals surface area contributed by atoms with Gasteiger partial charge in [0.2, 0.25) is 5.91 Å². The molecule has 0 saturated carbocycles. The van der Waals surface area contributed by atoms with E-state index in [9.17, 15) is 9.18 Å². The minimum absolute atomic E-state index is 0.0462. The van der Waals surface area contributed by atoms with Crippen molar-refractivity contribution in [3.05, 3.63) is 65.3 Å². The van der Waals surface area contributed by atoms with Crippen molar-refractivity contribution in [2.75, 3.05) is 5.32 Å². The number of nitrogens with one attached hydrogen (secondary N) is 1. The Morgan fingerprint density at radius 1 is 1.22 bits per heavy atom. The molecule has 0 unspecified atom stereocenters. The number of hydrogen-bond donors (Lipinski definition) is 1. The number of thioether (sulfide) groups is 1. The third-order valence-corrected chi connectivity index (χ3v) is 4.57. The number of carbonyl (C=O) groups is 1. The predicted octanol–water partition coefficient (Wildman–Crippen LogP) is 4.56. The van der Waals surface area contributed by atoms with Crippen LogP contribution in [0.3, 0.4) is 0 Å². The summed E-state index contributed by atoms with van der Waals surface area (Å²) in [5.74, 6) is 0.195. The molecule has 0 radical (unpaired) electrons. The lowest BCUT2D eigenvalue weighted by atomic mass is 10.3. The van der Waals surface area contributed by atoms with Crippen LogP contribution in [0.5, 0.6) is 5.75 Å². The van der Waals surface area contributed by atoms with E-state index < -0.39 is 5.25 Å². The highest BCUT2D eigenvalue weighted by molar-refractivity contribution is 8.00. The zero-order valence-electron chi connectivity index (χ0n) is 14.2. The minimum Gasteiger partial charge on any atom is -0.484 e. The molecule has 3 rings (SSSR count). The number of carbonyl (C=O) groups excluding carboxylic acids is 1. The zero-order valence-corrected chi connectivity index (χ0v) is 15.8. The van der Waals surface area contributed by atoms with Gasteiger partial charge in [-0.15, -0.1) is 10.2 Å². The quantitative estimate of drug-likeness (QED) is 0.578. The van der Waals surface area contributed by atoms with Crippen LogP contribution in [-0.2, 0) is 11.4 Å². The summed E-state index contributed by atoms with van der Waals surface area (Å²) in [6.45, 7) is 1.78. The molecule has 1 atom stereocenters. The fraction of sp³-hybridized carbons (Fsp3) is 0.167. The van der Waals surface area contributed by atoms with Crippen LogP contribution >= 0.6 is 23.4 Å². The van der Waals surface area contributed by atoms with Crippen LogP contribution in [0.2, 0.25) is 5.02 Å². The Bertz CT molecular complexity index is 903. The number of anilines is 1. The number of rotatable bonds is 7. The van der Waals surface area contributed by atoms with E-state index in [1.54, 1.807) is 31.2 Å². The molecule has 0 fully saturated rings. The Hall–Kier alpha value is -2.58. The van der Waals surface area contributed by atoms with Gasteiger partial charge in [-0.05, 0) is 55.5 Å². The van der Waals surface area contributed by atoms with Crippen molar-refractivity contribution in [3.63, 3.8) is 0 Å². The van der Waals surface area contributed by atoms with Gasteiger partial charge in [-0.1, -0.05) is 23.4 Å². The van der Waals surface area contributed by atoms with Crippen molar-refractivity contribution in [2.45, 2.75) is 24.0 Å². The number of hydrogen-bond acceptors (Lipinski definition) is 6. The summed E-state index contributed by atoms with van der Waals surface area (Å²) in [7, 11) is 0. The molecule has 1 heterocycles. The summed E-state index contributed by atoms with van der Waals surface area (Å²) >= 11 is 6.96. The summed E-state index contributed by atoms with van der Waals surface area (Å²) in [6, 6.07) is 12.4. The van der Waals surface area contributed by atoms with Crippen LogP contribution in [0.4, 0.5) is 10.1 Å². The molecule has 0 aliphatic carbocycles. The molecule has 0 aliphatic heterocycles. The Morgan fingerprint density at radius 3 is 2.63 bits per heavy atom. The topological polar surface area (TPSA) is 77.2 Å². The number of halogens is 2.